The Bertz CT molecular complexity index is 821. The topological polar surface area (TPSA) is 83.8 Å². The average molecular weight is 371 g/mol. The lowest BCUT2D eigenvalue weighted by Gasteiger charge is -2.22. The van der Waals surface area contributed by atoms with Gasteiger partial charge >= 0.3 is 5.97 Å². The van der Waals surface area contributed by atoms with E-state index in [0.29, 0.717) is 30.3 Å². The second-order valence-electron chi connectivity index (χ2n) is 5.98. The number of methoxy groups -OCH3 is 2. The minimum Gasteiger partial charge on any atom is -0.493 e. The van der Waals surface area contributed by atoms with Gasteiger partial charge in [0.25, 0.3) is 0 Å². The van der Waals surface area contributed by atoms with Crippen LogP contribution in [0.25, 0.3) is 0 Å². The summed E-state index contributed by atoms with van der Waals surface area (Å²) in [7, 11) is 3.20. The third-order valence-corrected chi connectivity index (χ3v) is 4.42. The highest BCUT2D eigenvalue weighted by Gasteiger charge is 2.28. The molecule has 0 bridgehead atoms. The van der Waals surface area contributed by atoms with Gasteiger partial charge in [-0.2, -0.15) is 5.26 Å². The molecule has 0 aromatic heterocycles. The van der Waals surface area contributed by atoms with Crippen LogP contribution in [0.3, 0.4) is 0 Å². The predicted molar refractivity (Wildman–Crippen MR) is 101 cm³/mol. The summed E-state index contributed by atoms with van der Waals surface area (Å²) in [4.78, 5) is 14.1. The Morgan fingerprint density at radius 1 is 1.22 bits per heavy atom. The molecule has 0 amide bonds. The summed E-state index contributed by atoms with van der Waals surface area (Å²) in [5, 5.41) is 12.6. The summed E-state index contributed by atoms with van der Waals surface area (Å²) in [5.41, 5.74) is 2.89. The van der Waals surface area contributed by atoms with Crippen LogP contribution in [-0.4, -0.2) is 38.2 Å². The van der Waals surface area contributed by atoms with Crippen LogP contribution >= 0.6 is 0 Å². The minimum atomic E-state index is -0.624. The molecule has 0 spiro atoms. The summed E-state index contributed by atoms with van der Waals surface area (Å²) in [6.45, 7) is 6.37. The van der Waals surface area contributed by atoms with Crippen LogP contribution in [0.1, 0.15) is 26.3 Å². The van der Waals surface area contributed by atoms with E-state index in [2.05, 4.69) is 5.32 Å². The van der Waals surface area contributed by atoms with Gasteiger partial charge in [0.2, 0.25) is 0 Å². The quantitative estimate of drug-likeness (QED) is 0.448. The molecule has 7 nitrogen and oxygen atoms in total. The summed E-state index contributed by atoms with van der Waals surface area (Å²) in [6.07, 6.45) is 0.692. The van der Waals surface area contributed by atoms with Gasteiger partial charge in [-0.3, -0.25) is 0 Å². The molecule has 144 valence electrons. The van der Waals surface area contributed by atoms with Gasteiger partial charge in [0.1, 0.15) is 11.9 Å². The zero-order chi connectivity index (χ0) is 20.0. The van der Waals surface area contributed by atoms with Gasteiger partial charge in [0.05, 0.1) is 20.8 Å². The molecule has 0 saturated carbocycles. The lowest BCUT2D eigenvalue weighted by atomic mass is 10.1. The standard InChI is InChI=1S/C20H25N3O4/c1-6-27-20(24)16(12-21)19-22-13(2)14(3)23(19)10-9-15-7-8-17(25-4)18(11-15)26-5/h7-8,11,22H,6,9-10H2,1-5H3/b19-16+. The number of ether oxygens (including phenoxy) is 3. The molecule has 0 aliphatic carbocycles. The average Bonchev–Trinajstić information content (AvgIpc) is 2.94. The second kappa shape index (κ2) is 8.99. The number of carbonyl (C=O) groups is 1. The lowest BCUT2D eigenvalue weighted by Crippen LogP contribution is -2.27. The second-order valence-corrected chi connectivity index (χ2v) is 5.98. The van der Waals surface area contributed by atoms with E-state index in [0.717, 1.165) is 17.0 Å². The third kappa shape index (κ3) is 4.34. The maximum absolute atomic E-state index is 12.1. The first kappa shape index (κ1) is 20.2. The van der Waals surface area contributed by atoms with Crippen molar-refractivity contribution in [1.29, 1.82) is 5.26 Å². The number of benzene rings is 1. The highest BCUT2D eigenvalue weighted by Crippen LogP contribution is 2.29. The summed E-state index contributed by atoms with van der Waals surface area (Å²) in [6, 6.07) is 7.72. The van der Waals surface area contributed by atoms with Crippen molar-refractivity contribution in [3.63, 3.8) is 0 Å². The molecule has 1 aliphatic heterocycles. The van der Waals surface area contributed by atoms with Crippen molar-refractivity contribution in [2.24, 2.45) is 0 Å². The summed E-state index contributed by atoms with van der Waals surface area (Å²) >= 11 is 0. The Morgan fingerprint density at radius 3 is 2.52 bits per heavy atom. The van der Waals surface area contributed by atoms with Gasteiger partial charge in [0, 0.05) is 17.9 Å². The van der Waals surface area contributed by atoms with Crippen molar-refractivity contribution < 1.29 is 19.0 Å². The minimum absolute atomic E-state index is 0.0274. The molecule has 1 N–H and O–H groups in total. The van der Waals surface area contributed by atoms with E-state index in [9.17, 15) is 10.1 Å². The van der Waals surface area contributed by atoms with Gasteiger partial charge in [-0.1, -0.05) is 6.07 Å². The Kier molecular flexibility index (Phi) is 6.72. The molecule has 7 heteroatoms. The fourth-order valence-electron chi connectivity index (χ4n) is 2.86. The monoisotopic (exact) mass is 371 g/mol. The number of rotatable bonds is 7. The van der Waals surface area contributed by atoms with Gasteiger partial charge in [-0.25, -0.2) is 4.79 Å². The predicted octanol–water partition coefficient (Wildman–Crippen LogP) is 2.70. The number of hydrogen-bond acceptors (Lipinski definition) is 7. The van der Waals surface area contributed by atoms with Crippen molar-refractivity contribution in [1.82, 2.24) is 10.2 Å². The molecule has 0 radical (unpaired) electrons. The molecule has 1 aromatic carbocycles. The molecule has 0 unspecified atom stereocenters. The Morgan fingerprint density at radius 2 is 1.93 bits per heavy atom. The molecule has 1 heterocycles. The Hall–Kier alpha value is -3.14. The molecule has 1 aliphatic rings. The lowest BCUT2D eigenvalue weighted by molar-refractivity contribution is -0.138. The van der Waals surface area contributed by atoms with Crippen LogP contribution in [0, 0.1) is 11.3 Å². The summed E-state index contributed by atoms with van der Waals surface area (Å²) < 4.78 is 15.6. The number of nitrogens with zero attached hydrogens (tertiary/aromatic N) is 2. The number of nitrogens with one attached hydrogen (secondary N) is 1. The first-order valence-electron chi connectivity index (χ1n) is 8.71. The third-order valence-electron chi connectivity index (χ3n) is 4.42. The van der Waals surface area contributed by atoms with Crippen molar-refractivity contribution in [3.05, 3.63) is 46.6 Å². The van der Waals surface area contributed by atoms with E-state index < -0.39 is 5.97 Å². The molecular weight excluding hydrogens is 346 g/mol. The van der Waals surface area contributed by atoms with E-state index in [-0.39, 0.29) is 12.2 Å². The molecule has 27 heavy (non-hydrogen) atoms. The fraction of sp³-hybridized carbons (Fsp3) is 0.400. The number of hydrogen-bond donors (Lipinski definition) is 1. The van der Waals surface area contributed by atoms with E-state index in [4.69, 9.17) is 14.2 Å². The maximum Gasteiger partial charge on any atom is 0.352 e. The molecule has 2 rings (SSSR count). The normalized spacial score (nSPS) is 15.2. The van der Waals surface area contributed by atoms with Crippen molar-refractivity contribution in [3.8, 4) is 17.6 Å². The molecule has 0 atom stereocenters. The van der Waals surface area contributed by atoms with Crippen molar-refractivity contribution in [2.45, 2.75) is 27.2 Å². The number of nitriles is 1. The maximum atomic E-state index is 12.1. The first-order valence-corrected chi connectivity index (χ1v) is 8.71. The van der Waals surface area contributed by atoms with Crippen LogP contribution < -0.4 is 14.8 Å². The van der Waals surface area contributed by atoms with Crippen LogP contribution in [-0.2, 0) is 16.0 Å². The number of esters is 1. The van der Waals surface area contributed by atoms with Crippen molar-refractivity contribution in [2.75, 3.05) is 27.4 Å². The van der Waals surface area contributed by atoms with Gasteiger partial charge in [0.15, 0.2) is 17.1 Å². The Labute approximate surface area is 159 Å². The molecular formula is C20H25N3O4. The van der Waals surface area contributed by atoms with Gasteiger partial charge in [-0.05, 0) is 44.9 Å². The first-order chi connectivity index (χ1) is 13.0. The van der Waals surface area contributed by atoms with E-state index in [1.54, 1.807) is 21.1 Å². The van der Waals surface area contributed by atoms with Crippen LogP contribution in [0.4, 0.5) is 0 Å². The number of allylic oxidation sites excluding steroid dienone is 2. The summed E-state index contributed by atoms with van der Waals surface area (Å²) in [5.74, 6) is 1.18. The van der Waals surface area contributed by atoms with Gasteiger partial charge < -0.3 is 24.4 Å². The zero-order valence-corrected chi connectivity index (χ0v) is 16.4. The molecule has 0 fully saturated rings. The van der Waals surface area contributed by atoms with Crippen molar-refractivity contribution >= 4 is 5.97 Å². The zero-order valence-electron chi connectivity index (χ0n) is 16.4. The largest absolute Gasteiger partial charge is 0.493 e. The van der Waals surface area contributed by atoms with Crippen LogP contribution in [0.15, 0.2) is 41.0 Å². The Balaban J connectivity index is 2.26. The smallest absolute Gasteiger partial charge is 0.352 e. The van der Waals surface area contributed by atoms with Crippen LogP contribution in [0.5, 0.6) is 11.5 Å². The fourth-order valence-corrected chi connectivity index (χ4v) is 2.86. The van der Waals surface area contributed by atoms with E-state index in [1.807, 2.05) is 43.0 Å². The van der Waals surface area contributed by atoms with E-state index >= 15 is 0 Å². The molecule has 0 saturated heterocycles. The highest BCUT2D eigenvalue weighted by molar-refractivity contribution is 5.93. The van der Waals surface area contributed by atoms with E-state index in [1.165, 1.54) is 0 Å². The highest BCUT2D eigenvalue weighted by atomic mass is 16.5. The van der Waals surface area contributed by atoms with Crippen LogP contribution in [0.2, 0.25) is 0 Å². The molecule has 1 aromatic rings. The van der Waals surface area contributed by atoms with Gasteiger partial charge in [-0.15, -0.1) is 0 Å². The number of carbonyl (C=O) groups excluding carboxylic acids is 1. The SMILES string of the molecule is CCOC(=O)/C(C#N)=C1\NC(C)=C(C)N1CCc1ccc(OC)c(OC)c1.